The minimum absolute atomic E-state index is 0.0229. The summed E-state index contributed by atoms with van der Waals surface area (Å²) >= 11 is 0. The van der Waals surface area contributed by atoms with E-state index in [0.29, 0.717) is 18.1 Å². The Morgan fingerprint density at radius 2 is 1.92 bits per heavy atom. The summed E-state index contributed by atoms with van der Waals surface area (Å²) in [7, 11) is 0. The molecule has 1 atom stereocenters. The molecule has 0 saturated carbocycles. The minimum Gasteiger partial charge on any atom is -0.294 e. The van der Waals surface area contributed by atoms with Gasteiger partial charge in [0.2, 0.25) is 0 Å². The number of hydrogen-bond donors (Lipinski definition) is 1. The zero-order valence-corrected chi connectivity index (χ0v) is 16.4. The summed E-state index contributed by atoms with van der Waals surface area (Å²) in [5.74, 6) is 0.680. The van der Waals surface area contributed by atoms with E-state index in [9.17, 15) is 4.79 Å². The van der Waals surface area contributed by atoms with Gasteiger partial charge < -0.3 is 0 Å². The Kier molecular flexibility index (Phi) is 3.94. The number of aryl methyl sites for hydroxylation is 1. The number of benzene rings is 1. The monoisotopic (exact) mass is 348 g/mol. The van der Waals surface area contributed by atoms with Gasteiger partial charge in [-0.15, -0.1) is 0 Å². The molecule has 0 bridgehead atoms. The van der Waals surface area contributed by atoms with E-state index in [-0.39, 0.29) is 11.3 Å². The Bertz CT molecular complexity index is 914. The van der Waals surface area contributed by atoms with Crippen LogP contribution >= 0.6 is 0 Å². The summed E-state index contributed by atoms with van der Waals surface area (Å²) in [4.78, 5) is 13.3. The Balaban J connectivity index is 1.98. The van der Waals surface area contributed by atoms with E-state index in [1.165, 1.54) is 28.0 Å². The van der Waals surface area contributed by atoms with Gasteiger partial charge >= 0.3 is 0 Å². The predicted molar refractivity (Wildman–Crippen MR) is 104 cm³/mol. The Labute approximate surface area is 155 Å². The number of ketones is 1. The first-order chi connectivity index (χ1) is 12.3. The minimum atomic E-state index is 0.0229. The third kappa shape index (κ3) is 2.65. The smallest absolute Gasteiger partial charge is 0.160 e. The molecule has 0 fully saturated rings. The van der Waals surface area contributed by atoms with Crippen LogP contribution in [0.5, 0.6) is 0 Å². The van der Waals surface area contributed by atoms with Crippen LogP contribution in [-0.4, -0.2) is 16.0 Å². The van der Waals surface area contributed by atoms with Crippen LogP contribution in [0.25, 0.3) is 0 Å². The standard InChI is InChI=1S/C23H28N2O/c1-13(2)22-21-17(24-25-22)10-15-11-23(4,5)12-18(26)19(15)20(21)16-9-7-6-8-14(16)3/h6-9,13,20H,10-12H2,1-5H3,(H,24,25)/t20-/m1/s1. The zero-order valence-electron chi connectivity index (χ0n) is 16.4. The van der Waals surface area contributed by atoms with Crippen molar-refractivity contribution in [2.75, 3.05) is 0 Å². The number of nitrogens with zero attached hydrogens (tertiary/aromatic N) is 1. The SMILES string of the molecule is Cc1ccccc1[C@@H]1C2=C(Cc3[nH]nc(C(C)C)c31)CC(C)(C)CC2=O. The maximum atomic E-state index is 13.3. The highest BCUT2D eigenvalue weighted by Gasteiger charge is 2.42. The molecule has 2 aromatic rings. The summed E-state index contributed by atoms with van der Waals surface area (Å²) < 4.78 is 0. The van der Waals surface area contributed by atoms with Gasteiger partial charge in [-0.25, -0.2) is 0 Å². The average molecular weight is 348 g/mol. The van der Waals surface area contributed by atoms with E-state index in [2.05, 4.69) is 69.1 Å². The molecule has 136 valence electrons. The number of carbonyl (C=O) groups excluding carboxylic acids is 1. The zero-order chi connectivity index (χ0) is 18.6. The molecule has 0 saturated heterocycles. The molecular formula is C23H28N2O. The van der Waals surface area contributed by atoms with Crippen molar-refractivity contribution >= 4 is 5.78 Å². The quantitative estimate of drug-likeness (QED) is 0.809. The number of aromatic nitrogens is 2. The van der Waals surface area contributed by atoms with Crippen LogP contribution in [0.1, 0.15) is 80.5 Å². The number of Topliss-reactive ketones (excluding diaryl/α,β-unsaturated/α-hetero) is 1. The highest BCUT2D eigenvalue weighted by atomic mass is 16.1. The first kappa shape index (κ1) is 17.3. The van der Waals surface area contributed by atoms with Crippen molar-refractivity contribution in [1.82, 2.24) is 10.2 Å². The van der Waals surface area contributed by atoms with E-state index in [1.807, 2.05) is 0 Å². The highest BCUT2D eigenvalue weighted by molar-refractivity contribution is 6.00. The van der Waals surface area contributed by atoms with Crippen LogP contribution in [0, 0.1) is 12.3 Å². The third-order valence-corrected chi connectivity index (χ3v) is 5.94. The van der Waals surface area contributed by atoms with Gasteiger partial charge in [0.15, 0.2) is 5.78 Å². The first-order valence-electron chi connectivity index (χ1n) is 9.66. The number of H-pyrrole nitrogens is 1. The first-order valence-corrected chi connectivity index (χ1v) is 9.66. The molecule has 0 aliphatic heterocycles. The van der Waals surface area contributed by atoms with Gasteiger partial charge in [0, 0.05) is 35.6 Å². The molecule has 26 heavy (non-hydrogen) atoms. The predicted octanol–water partition coefficient (Wildman–Crippen LogP) is 5.22. The lowest BCUT2D eigenvalue weighted by molar-refractivity contribution is -0.118. The molecule has 1 aromatic carbocycles. The van der Waals surface area contributed by atoms with Gasteiger partial charge in [-0.05, 0) is 35.8 Å². The lowest BCUT2D eigenvalue weighted by Crippen LogP contribution is -2.32. The summed E-state index contributed by atoms with van der Waals surface area (Å²) in [6.07, 6.45) is 2.46. The van der Waals surface area contributed by atoms with Crippen LogP contribution < -0.4 is 0 Å². The third-order valence-electron chi connectivity index (χ3n) is 5.94. The van der Waals surface area contributed by atoms with E-state index < -0.39 is 0 Å². The molecule has 3 heteroatoms. The van der Waals surface area contributed by atoms with Crippen LogP contribution in [0.4, 0.5) is 0 Å². The highest BCUT2D eigenvalue weighted by Crippen LogP contribution is 2.50. The van der Waals surface area contributed by atoms with Crippen molar-refractivity contribution in [3.05, 3.63) is 63.5 Å². The van der Waals surface area contributed by atoms with Crippen LogP contribution in [0.15, 0.2) is 35.4 Å². The molecule has 0 radical (unpaired) electrons. The van der Waals surface area contributed by atoms with E-state index in [0.717, 1.165) is 24.1 Å². The Morgan fingerprint density at radius 1 is 1.19 bits per heavy atom. The van der Waals surface area contributed by atoms with Gasteiger partial charge in [-0.2, -0.15) is 5.10 Å². The van der Waals surface area contributed by atoms with Crippen molar-refractivity contribution in [3.63, 3.8) is 0 Å². The molecule has 0 unspecified atom stereocenters. The molecule has 4 rings (SSSR count). The molecule has 1 N–H and O–H groups in total. The molecule has 0 amide bonds. The summed E-state index contributed by atoms with van der Waals surface area (Å²) in [6, 6.07) is 8.49. The van der Waals surface area contributed by atoms with E-state index in [4.69, 9.17) is 0 Å². The lowest BCUT2D eigenvalue weighted by atomic mass is 9.64. The second-order valence-electron chi connectivity index (χ2n) is 9.08. The van der Waals surface area contributed by atoms with Crippen molar-refractivity contribution in [3.8, 4) is 0 Å². The number of carbonyl (C=O) groups is 1. The molecule has 3 nitrogen and oxygen atoms in total. The second-order valence-corrected chi connectivity index (χ2v) is 9.08. The Hall–Kier alpha value is -2.16. The lowest BCUT2D eigenvalue weighted by Gasteiger charge is -2.38. The van der Waals surface area contributed by atoms with E-state index in [1.54, 1.807) is 0 Å². The number of allylic oxidation sites excluding steroid dienone is 2. The molecule has 1 heterocycles. The fraction of sp³-hybridized carbons (Fsp3) is 0.478. The number of aromatic amines is 1. The number of nitrogens with one attached hydrogen (secondary N) is 1. The van der Waals surface area contributed by atoms with Gasteiger partial charge in [-0.1, -0.05) is 57.5 Å². The van der Waals surface area contributed by atoms with E-state index >= 15 is 0 Å². The number of rotatable bonds is 2. The van der Waals surface area contributed by atoms with Crippen LogP contribution in [-0.2, 0) is 11.2 Å². The largest absolute Gasteiger partial charge is 0.294 e. The molecule has 0 spiro atoms. The molecular weight excluding hydrogens is 320 g/mol. The van der Waals surface area contributed by atoms with Gasteiger partial charge in [0.05, 0.1) is 5.69 Å². The maximum absolute atomic E-state index is 13.3. The van der Waals surface area contributed by atoms with Crippen LogP contribution in [0.2, 0.25) is 0 Å². The summed E-state index contributed by atoms with van der Waals surface area (Å²) in [5, 5.41) is 7.97. The number of fused-ring (bicyclic) bond motifs is 1. The molecule has 2 aliphatic carbocycles. The van der Waals surface area contributed by atoms with Gasteiger partial charge in [-0.3, -0.25) is 9.89 Å². The molecule has 1 aromatic heterocycles. The second kappa shape index (κ2) is 5.94. The summed E-state index contributed by atoms with van der Waals surface area (Å²) in [5.41, 5.74) is 8.46. The Morgan fingerprint density at radius 3 is 2.62 bits per heavy atom. The van der Waals surface area contributed by atoms with Gasteiger partial charge in [0.1, 0.15) is 0 Å². The summed E-state index contributed by atoms with van der Waals surface area (Å²) in [6.45, 7) is 10.9. The number of hydrogen-bond acceptors (Lipinski definition) is 2. The fourth-order valence-corrected chi connectivity index (χ4v) is 4.86. The van der Waals surface area contributed by atoms with Crippen LogP contribution in [0.3, 0.4) is 0 Å². The topological polar surface area (TPSA) is 45.8 Å². The van der Waals surface area contributed by atoms with Gasteiger partial charge in [0.25, 0.3) is 0 Å². The molecule has 2 aliphatic rings. The van der Waals surface area contributed by atoms with Crippen molar-refractivity contribution in [2.45, 2.75) is 65.7 Å². The normalized spacial score (nSPS) is 21.8. The van der Waals surface area contributed by atoms with Crippen molar-refractivity contribution in [2.24, 2.45) is 5.41 Å². The van der Waals surface area contributed by atoms with Crippen molar-refractivity contribution < 1.29 is 4.79 Å². The fourth-order valence-electron chi connectivity index (χ4n) is 4.86. The average Bonchev–Trinajstić information content (AvgIpc) is 2.96. The van der Waals surface area contributed by atoms with Crippen molar-refractivity contribution in [1.29, 1.82) is 0 Å². The maximum Gasteiger partial charge on any atom is 0.160 e.